The van der Waals surface area contributed by atoms with Crippen LogP contribution in [0.25, 0.3) is 6.08 Å². The number of nitrogens with one attached hydrogen (secondary N) is 1. The number of carbonyl (C=O) groups excluding carboxylic acids is 3. The second kappa shape index (κ2) is 9.49. The molecule has 156 valence electrons. The van der Waals surface area contributed by atoms with Gasteiger partial charge in [-0.1, -0.05) is 42.0 Å². The van der Waals surface area contributed by atoms with E-state index in [1.807, 2.05) is 31.2 Å². The van der Waals surface area contributed by atoms with Gasteiger partial charge in [-0.15, -0.1) is 0 Å². The Labute approximate surface area is 179 Å². The fourth-order valence-electron chi connectivity index (χ4n) is 2.91. The number of hydrogen-bond acceptors (Lipinski definition) is 6. The lowest BCUT2D eigenvalue weighted by molar-refractivity contribution is -0.129. The standard InChI is InChI=1S/C22H22N2O5S/c1-14-7-9-15(10-8-14)12-23-19(25)13-24-21(26)18(30-22(24)27)11-16-5-4-6-17(28-2)20(16)29-3/h4-11H,12-13H2,1-3H3,(H,23,25)/b18-11-. The molecular weight excluding hydrogens is 404 g/mol. The van der Waals surface area contributed by atoms with Crippen molar-refractivity contribution in [3.8, 4) is 11.5 Å². The normalized spacial score (nSPS) is 14.9. The molecule has 1 aliphatic rings. The molecule has 0 radical (unpaired) electrons. The number of methoxy groups -OCH3 is 2. The maximum Gasteiger partial charge on any atom is 0.294 e. The molecule has 0 aliphatic carbocycles. The summed E-state index contributed by atoms with van der Waals surface area (Å²) in [6.07, 6.45) is 1.57. The van der Waals surface area contributed by atoms with E-state index in [1.54, 1.807) is 24.3 Å². The van der Waals surface area contributed by atoms with Crippen LogP contribution in [0.2, 0.25) is 0 Å². The third-order valence-electron chi connectivity index (χ3n) is 4.51. The maximum absolute atomic E-state index is 12.7. The fourth-order valence-corrected chi connectivity index (χ4v) is 3.74. The number of amides is 3. The summed E-state index contributed by atoms with van der Waals surface area (Å²) in [5.41, 5.74) is 2.67. The fraction of sp³-hybridized carbons (Fsp3) is 0.227. The average Bonchev–Trinajstić information content (AvgIpc) is 3.00. The van der Waals surface area contributed by atoms with Gasteiger partial charge in [0.05, 0.1) is 19.1 Å². The van der Waals surface area contributed by atoms with Crippen molar-refractivity contribution in [1.82, 2.24) is 10.2 Å². The molecule has 3 rings (SSSR count). The van der Waals surface area contributed by atoms with Crippen LogP contribution in [0.15, 0.2) is 47.4 Å². The van der Waals surface area contributed by atoms with Crippen LogP contribution in [-0.4, -0.2) is 42.7 Å². The molecule has 7 nitrogen and oxygen atoms in total. The first kappa shape index (κ1) is 21.4. The zero-order chi connectivity index (χ0) is 21.7. The molecule has 2 aromatic carbocycles. The van der Waals surface area contributed by atoms with Crippen LogP contribution in [0.4, 0.5) is 4.79 Å². The minimum atomic E-state index is -0.514. The smallest absolute Gasteiger partial charge is 0.294 e. The molecule has 1 saturated heterocycles. The summed E-state index contributed by atoms with van der Waals surface area (Å²) in [4.78, 5) is 38.4. The van der Waals surface area contributed by atoms with Crippen molar-refractivity contribution < 1.29 is 23.9 Å². The molecule has 30 heavy (non-hydrogen) atoms. The second-order valence-electron chi connectivity index (χ2n) is 6.61. The lowest BCUT2D eigenvalue weighted by Crippen LogP contribution is -2.39. The summed E-state index contributed by atoms with van der Waals surface area (Å²) < 4.78 is 10.6. The van der Waals surface area contributed by atoms with Crippen molar-refractivity contribution in [3.05, 3.63) is 64.1 Å². The largest absolute Gasteiger partial charge is 0.493 e. The van der Waals surface area contributed by atoms with E-state index in [0.29, 0.717) is 23.6 Å². The molecule has 0 atom stereocenters. The topological polar surface area (TPSA) is 84.9 Å². The van der Waals surface area contributed by atoms with Crippen molar-refractivity contribution in [1.29, 1.82) is 0 Å². The molecule has 8 heteroatoms. The molecule has 0 bridgehead atoms. The summed E-state index contributed by atoms with van der Waals surface area (Å²) in [5.74, 6) is 0.0575. The second-order valence-corrected chi connectivity index (χ2v) is 7.61. The number of carbonyl (C=O) groups is 3. The molecule has 1 heterocycles. The SMILES string of the molecule is COc1cccc(/C=C2\SC(=O)N(CC(=O)NCc3ccc(C)cc3)C2=O)c1OC. The third-order valence-corrected chi connectivity index (χ3v) is 5.41. The van der Waals surface area contributed by atoms with E-state index in [2.05, 4.69) is 5.32 Å². The summed E-state index contributed by atoms with van der Waals surface area (Å²) >= 11 is 0.789. The average molecular weight is 426 g/mol. The van der Waals surface area contributed by atoms with Crippen LogP contribution in [0, 0.1) is 6.92 Å². The Hall–Kier alpha value is -3.26. The molecule has 0 unspecified atom stereocenters. The van der Waals surface area contributed by atoms with Crippen molar-refractivity contribution in [2.75, 3.05) is 20.8 Å². The van der Waals surface area contributed by atoms with Crippen LogP contribution < -0.4 is 14.8 Å². The van der Waals surface area contributed by atoms with Gasteiger partial charge in [0.25, 0.3) is 11.1 Å². The first-order valence-corrected chi connectivity index (χ1v) is 10.0. The Kier molecular flexibility index (Phi) is 6.79. The van der Waals surface area contributed by atoms with Gasteiger partial charge in [-0.25, -0.2) is 0 Å². The summed E-state index contributed by atoms with van der Waals surface area (Å²) in [7, 11) is 3.02. The van der Waals surface area contributed by atoms with E-state index in [-0.39, 0.29) is 11.4 Å². The maximum atomic E-state index is 12.7. The van der Waals surface area contributed by atoms with Gasteiger partial charge < -0.3 is 14.8 Å². The van der Waals surface area contributed by atoms with Gasteiger partial charge in [-0.05, 0) is 36.4 Å². The molecule has 0 aromatic heterocycles. The van der Waals surface area contributed by atoms with Gasteiger partial charge >= 0.3 is 0 Å². The molecule has 0 saturated carbocycles. The highest BCUT2D eigenvalue weighted by atomic mass is 32.2. The zero-order valence-electron chi connectivity index (χ0n) is 16.9. The van der Waals surface area contributed by atoms with Gasteiger partial charge in [-0.3, -0.25) is 19.3 Å². The number of benzene rings is 2. The quantitative estimate of drug-likeness (QED) is 0.684. The highest BCUT2D eigenvalue weighted by Crippen LogP contribution is 2.37. The Morgan fingerprint density at radius 2 is 1.83 bits per heavy atom. The van der Waals surface area contributed by atoms with E-state index in [4.69, 9.17) is 9.47 Å². The molecule has 1 fully saturated rings. The number of thioether (sulfide) groups is 1. The highest BCUT2D eigenvalue weighted by Gasteiger charge is 2.36. The van der Waals surface area contributed by atoms with Crippen LogP contribution in [0.5, 0.6) is 11.5 Å². The van der Waals surface area contributed by atoms with Gasteiger partial charge in [-0.2, -0.15) is 0 Å². The van der Waals surface area contributed by atoms with Crippen LogP contribution in [0.1, 0.15) is 16.7 Å². The number of para-hydroxylation sites is 1. The lowest BCUT2D eigenvalue weighted by Gasteiger charge is -2.13. The Morgan fingerprint density at radius 1 is 1.10 bits per heavy atom. The zero-order valence-corrected chi connectivity index (χ0v) is 17.7. The Bertz CT molecular complexity index is 1000. The molecule has 2 aromatic rings. The Balaban J connectivity index is 1.68. The molecular formula is C22H22N2O5S. The van der Waals surface area contributed by atoms with Crippen LogP contribution >= 0.6 is 11.8 Å². The number of ether oxygens (including phenoxy) is 2. The lowest BCUT2D eigenvalue weighted by atomic mass is 10.1. The number of aryl methyl sites for hydroxylation is 1. The number of imide groups is 1. The van der Waals surface area contributed by atoms with E-state index < -0.39 is 17.1 Å². The number of hydrogen-bond donors (Lipinski definition) is 1. The van der Waals surface area contributed by atoms with Crippen LogP contribution in [0.3, 0.4) is 0 Å². The van der Waals surface area contributed by atoms with Crippen LogP contribution in [-0.2, 0) is 16.1 Å². The summed E-state index contributed by atoms with van der Waals surface area (Å²) in [6.45, 7) is 1.98. The van der Waals surface area contributed by atoms with E-state index in [9.17, 15) is 14.4 Å². The van der Waals surface area contributed by atoms with E-state index >= 15 is 0 Å². The van der Waals surface area contributed by atoms with Crippen molar-refractivity contribution in [2.24, 2.45) is 0 Å². The minimum absolute atomic E-state index is 0.220. The molecule has 1 N–H and O–H groups in total. The molecule has 3 amide bonds. The first-order valence-electron chi connectivity index (χ1n) is 9.21. The summed E-state index contributed by atoms with van der Waals surface area (Å²) in [6, 6.07) is 13.0. The summed E-state index contributed by atoms with van der Waals surface area (Å²) in [5, 5.41) is 2.25. The van der Waals surface area contributed by atoms with Gasteiger partial charge in [0, 0.05) is 12.1 Å². The van der Waals surface area contributed by atoms with Crippen molar-refractivity contribution >= 4 is 34.9 Å². The minimum Gasteiger partial charge on any atom is -0.493 e. The van der Waals surface area contributed by atoms with Gasteiger partial charge in [0.15, 0.2) is 11.5 Å². The monoisotopic (exact) mass is 426 g/mol. The predicted octanol–water partition coefficient (Wildman–Crippen LogP) is 3.36. The van der Waals surface area contributed by atoms with E-state index in [0.717, 1.165) is 27.8 Å². The molecule has 1 aliphatic heterocycles. The Morgan fingerprint density at radius 3 is 2.50 bits per heavy atom. The van der Waals surface area contributed by atoms with Gasteiger partial charge in [0.2, 0.25) is 5.91 Å². The molecule has 0 spiro atoms. The van der Waals surface area contributed by atoms with Crippen molar-refractivity contribution in [3.63, 3.8) is 0 Å². The van der Waals surface area contributed by atoms with Gasteiger partial charge in [0.1, 0.15) is 6.54 Å². The highest BCUT2D eigenvalue weighted by molar-refractivity contribution is 8.18. The van der Waals surface area contributed by atoms with Crippen molar-refractivity contribution in [2.45, 2.75) is 13.5 Å². The number of nitrogens with zero attached hydrogens (tertiary/aromatic N) is 1. The third kappa shape index (κ3) is 4.83. The number of rotatable bonds is 7. The first-order chi connectivity index (χ1) is 14.4. The van der Waals surface area contributed by atoms with E-state index in [1.165, 1.54) is 14.2 Å². The predicted molar refractivity (Wildman–Crippen MR) is 115 cm³/mol.